The Morgan fingerprint density at radius 2 is 2.05 bits per heavy atom. The van der Waals surface area contributed by atoms with Crippen molar-refractivity contribution in [2.45, 2.75) is 0 Å². The summed E-state index contributed by atoms with van der Waals surface area (Å²) in [6.45, 7) is 3.07. The van der Waals surface area contributed by atoms with Crippen LogP contribution in [0.3, 0.4) is 0 Å². The Morgan fingerprint density at radius 3 is 2.90 bits per heavy atom. The van der Waals surface area contributed by atoms with Crippen LogP contribution in [-0.4, -0.2) is 37.1 Å². The molecule has 1 aromatic heterocycles. The van der Waals surface area contributed by atoms with E-state index in [1.165, 1.54) is 0 Å². The van der Waals surface area contributed by atoms with Crippen molar-refractivity contribution >= 4 is 17.3 Å². The number of ether oxygens (including phenoxy) is 1. The van der Waals surface area contributed by atoms with Gasteiger partial charge in [0.1, 0.15) is 23.7 Å². The maximum absolute atomic E-state index is 12.7. The molecular weight excluding hydrogens is 266 g/mol. The average Bonchev–Trinajstić information content (AvgIpc) is 2.56. The lowest BCUT2D eigenvalue weighted by molar-refractivity contribution is 0.0981. The van der Waals surface area contributed by atoms with Crippen LogP contribution in [0.15, 0.2) is 42.6 Å². The minimum Gasteiger partial charge on any atom is -0.489 e. The third-order valence-electron chi connectivity index (χ3n) is 3.93. The molecule has 0 fully saturated rings. The van der Waals surface area contributed by atoms with E-state index in [-0.39, 0.29) is 5.91 Å². The number of aromatic nitrogens is 1. The van der Waals surface area contributed by atoms with Gasteiger partial charge in [0, 0.05) is 19.3 Å². The molecule has 2 aromatic rings. The van der Waals surface area contributed by atoms with Gasteiger partial charge in [0.25, 0.3) is 5.91 Å². The van der Waals surface area contributed by atoms with Crippen molar-refractivity contribution in [1.82, 2.24) is 4.98 Å². The van der Waals surface area contributed by atoms with E-state index in [9.17, 15) is 4.79 Å². The molecule has 0 saturated heterocycles. The Kier molecular flexibility index (Phi) is 2.77. The molecule has 2 aliphatic rings. The number of hydrogen-bond acceptors (Lipinski definition) is 4. The zero-order chi connectivity index (χ0) is 14.2. The fraction of sp³-hybridized carbons (Fsp3) is 0.250. The van der Waals surface area contributed by atoms with Gasteiger partial charge in [0.05, 0.1) is 12.2 Å². The number of carbonyl (C=O) groups excluding carboxylic acids is 1. The highest BCUT2D eigenvalue weighted by atomic mass is 16.5. The summed E-state index contributed by atoms with van der Waals surface area (Å²) < 4.78 is 5.71. The fourth-order valence-corrected chi connectivity index (χ4v) is 2.94. The highest BCUT2D eigenvalue weighted by Gasteiger charge is 2.32. The molecule has 2 aliphatic heterocycles. The van der Waals surface area contributed by atoms with Gasteiger partial charge >= 0.3 is 0 Å². The first-order valence-corrected chi connectivity index (χ1v) is 7.08. The molecule has 0 aliphatic carbocycles. The van der Waals surface area contributed by atoms with Crippen LogP contribution in [0.2, 0.25) is 0 Å². The summed E-state index contributed by atoms with van der Waals surface area (Å²) in [5.74, 6) is 0.798. The predicted molar refractivity (Wildman–Crippen MR) is 80.1 cm³/mol. The Labute approximate surface area is 122 Å². The number of para-hydroxylation sites is 1. The third-order valence-corrected chi connectivity index (χ3v) is 3.93. The largest absolute Gasteiger partial charge is 0.489 e. The van der Waals surface area contributed by atoms with Crippen molar-refractivity contribution in [3.05, 3.63) is 48.3 Å². The van der Waals surface area contributed by atoms with Crippen molar-refractivity contribution < 1.29 is 9.53 Å². The van der Waals surface area contributed by atoms with E-state index in [4.69, 9.17) is 4.74 Å². The van der Waals surface area contributed by atoms with Crippen LogP contribution >= 0.6 is 0 Å². The van der Waals surface area contributed by atoms with Crippen molar-refractivity contribution in [3.8, 4) is 5.75 Å². The van der Waals surface area contributed by atoms with Gasteiger partial charge in [-0.15, -0.1) is 0 Å². The van der Waals surface area contributed by atoms with Crippen LogP contribution in [0.5, 0.6) is 5.75 Å². The molecule has 0 spiro atoms. The molecule has 0 saturated carbocycles. The molecule has 5 heteroatoms. The SMILES string of the molecule is O=C(c1ccccn1)N1CCN2CCOc3cccc1c32. The third kappa shape index (κ3) is 1.93. The molecule has 0 radical (unpaired) electrons. The minimum atomic E-state index is -0.0609. The second-order valence-electron chi connectivity index (χ2n) is 5.13. The number of anilines is 2. The second kappa shape index (κ2) is 4.77. The van der Waals surface area contributed by atoms with Gasteiger partial charge in [0.15, 0.2) is 0 Å². The Balaban J connectivity index is 1.77. The summed E-state index contributed by atoms with van der Waals surface area (Å²) in [5.41, 5.74) is 2.41. The molecule has 5 nitrogen and oxygen atoms in total. The zero-order valence-electron chi connectivity index (χ0n) is 11.5. The van der Waals surface area contributed by atoms with Crippen molar-refractivity contribution in [3.63, 3.8) is 0 Å². The number of amides is 1. The molecule has 0 atom stereocenters. The highest BCUT2D eigenvalue weighted by Crippen LogP contribution is 2.42. The molecule has 106 valence electrons. The van der Waals surface area contributed by atoms with Gasteiger partial charge in [-0.25, -0.2) is 0 Å². The van der Waals surface area contributed by atoms with Crippen molar-refractivity contribution in [2.24, 2.45) is 0 Å². The van der Waals surface area contributed by atoms with Crippen LogP contribution in [0.4, 0.5) is 11.4 Å². The van der Waals surface area contributed by atoms with Gasteiger partial charge < -0.3 is 14.5 Å². The molecule has 1 amide bonds. The van der Waals surface area contributed by atoms with Crippen molar-refractivity contribution in [2.75, 3.05) is 36.0 Å². The van der Waals surface area contributed by atoms with Gasteiger partial charge in [-0.3, -0.25) is 9.78 Å². The average molecular weight is 281 g/mol. The van der Waals surface area contributed by atoms with Gasteiger partial charge in [0.2, 0.25) is 0 Å². The van der Waals surface area contributed by atoms with E-state index in [1.54, 1.807) is 17.2 Å². The molecule has 0 unspecified atom stereocenters. The molecule has 21 heavy (non-hydrogen) atoms. The monoisotopic (exact) mass is 281 g/mol. The van der Waals surface area contributed by atoms with E-state index in [2.05, 4.69) is 9.88 Å². The van der Waals surface area contributed by atoms with Crippen LogP contribution in [0.25, 0.3) is 0 Å². The lowest BCUT2D eigenvalue weighted by Gasteiger charge is -2.40. The number of pyridine rings is 1. The molecule has 1 aromatic carbocycles. The van der Waals surface area contributed by atoms with E-state index in [0.717, 1.165) is 30.2 Å². The van der Waals surface area contributed by atoms with Gasteiger partial charge in [-0.1, -0.05) is 12.1 Å². The lowest BCUT2D eigenvalue weighted by atomic mass is 10.1. The zero-order valence-corrected chi connectivity index (χ0v) is 11.5. The summed E-state index contributed by atoms with van der Waals surface area (Å²) in [5, 5.41) is 0. The van der Waals surface area contributed by atoms with E-state index in [0.29, 0.717) is 18.8 Å². The first-order chi connectivity index (χ1) is 10.3. The van der Waals surface area contributed by atoms with E-state index >= 15 is 0 Å². The molecule has 4 rings (SSSR count). The van der Waals surface area contributed by atoms with Gasteiger partial charge in [-0.05, 0) is 24.3 Å². The number of benzene rings is 1. The Morgan fingerprint density at radius 1 is 1.10 bits per heavy atom. The molecular formula is C16H15N3O2. The van der Waals surface area contributed by atoms with Gasteiger partial charge in [-0.2, -0.15) is 0 Å². The smallest absolute Gasteiger partial charge is 0.276 e. The summed E-state index contributed by atoms with van der Waals surface area (Å²) >= 11 is 0. The number of rotatable bonds is 1. The first kappa shape index (κ1) is 12.2. The first-order valence-electron chi connectivity index (χ1n) is 7.08. The standard InChI is InChI=1S/C16H15N3O2/c20-16(12-4-1-2-7-17-12)19-9-8-18-10-11-21-14-6-3-5-13(19)15(14)18/h1-7H,8-11H2. The predicted octanol–water partition coefficient (Wildman–Crippen LogP) is 1.94. The molecule has 0 N–H and O–H groups in total. The van der Waals surface area contributed by atoms with Crippen LogP contribution in [-0.2, 0) is 0 Å². The maximum Gasteiger partial charge on any atom is 0.276 e. The Hall–Kier alpha value is -2.56. The summed E-state index contributed by atoms with van der Waals surface area (Å²) in [6, 6.07) is 11.3. The number of hydrogen-bond donors (Lipinski definition) is 0. The summed E-state index contributed by atoms with van der Waals surface area (Å²) in [6.07, 6.45) is 1.65. The summed E-state index contributed by atoms with van der Waals surface area (Å²) in [4.78, 5) is 20.9. The van der Waals surface area contributed by atoms with Crippen molar-refractivity contribution in [1.29, 1.82) is 0 Å². The number of nitrogens with zero attached hydrogens (tertiary/aromatic N) is 3. The maximum atomic E-state index is 12.7. The molecule has 0 bridgehead atoms. The quantitative estimate of drug-likeness (QED) is 0.801. The van der Waals surface area contributed by atoms with E-state index < -0.39 is 0 Å². The minimum absolute atomic E-state index is 0.0609. The second-order valence-corrected chi connectivity index (χ2v) is 5.13. The molecule has 3 heterocycles. The van der Waals surface area contributed by atoms with Crippen LogP contribution in [0.1, 0.15) is 10.5 Å². The topological polar surface area (TPSA) is 45.7 Å². The van der Waals surface area contributed by atoms with Crippen LogP contribution in [0, 0.1) is 0 Å². The highest BCUT2D eigenvalue weighted by molar-refractivity contribution is 6.07. The Bertz CT molecular complexity index is 687. The summed E-state index contributed by atoms with van der Waals surface area (Å²) in [7, 11) is 0. The van der Waals surface area contributed by atoms with E-state index in [1.807, 2.05) is 30.3 Å². The normalized spacial score (nSPS) is 16.2. The lowest BCUT2D eigenvalue weighted by Crippen LogP contribution is -2.47. The fourth-order valence-electron chi connectivity index (χ4n) is 2.94. The number of carbonyl (C=O) groups is 1. The van der Waals surface area contributed by atoms with Crippen LogP contribution < -0.4 is 14.5 Å².